The molecule has 8 nitrogen and oxygen atoms in total. The molecular formula is C13H13BrN4O4S. The molecule has 0 saturated carbocycles. The fourth-order valence-corrected chi connectivity index (χ4v) is 2.83. The van der Waals surface area contributed by atoms with Crippen LogP contribution >= 0.6 is 27.7 Å². The predicted molar refractivity (Wildman–Crippen MR) is 91.0 cm³/mol. The largest absolute Gasteiger partial charge is 0.493 e. The maximum absolute atomic E-state index is 11.0. The maximum atomic E-state index is 11.0. The second kappa shape index (κ2) is 7.97. The first-order chi connectivity index (χ1) is 11.0. The molecule has 0 bridgehead atoms. The Morgan fingerprint density at radius 2 is 2.35 bits per heavy atom. The highest BCUT2D eigenvalue weighted by molar-refractivity contribution is 9.10. The average molecular weight is 401 g/mol. The number of benzene rings is 1. The van der Waals surface area contributed by atoms with Crippen molar-refractivity contribution in [2.45, 2.75) is 0 Å². The van der Waals surface area contributed by atoms with E-state index < -0.39 is 5.91 Å². The van der Waals surface area contributed by atoms with E-state index in [1.807, 2.05) is 0 Å². The Balaban J connectivity index is 2.15. The molecule has 0 spiro atoms. The van der Waals surface area contributed by atoms with Crippen molar-refractivity contribution < 1.29 is 19.1 Å². The molecule has 1 aliphatic heterocycles. The highest BCUT2D eigenvalue weighted by Crippen LogP contribution is 2.36. The molecule has 1 heterocycles. The van der Waals surface area contributed by atoms with Crippen molar-refractivity contribution in [3.05, 3.63) is 22.2 Å². The van der Waals surface area contributed by atoms with E-state index >= 15 is 0 Å². The summed E-state index contributed by atoms with van der Waals surface area (Å²) in [6, 6.07) is 3.40. The number of carbonyl (C=O) groups is 2. The van der Waals surface area contributed by atoms with Crippen molar-refractivity contribution in [3.63, 3.8) is 0 Å². The fraction of sp³-hybridized carbons (Fsp3) is 0.231. The number of ether oxygens (including phenoxy) is 2. The second-order valence-electron chi connectivity index (χ2n) is 4.28. The molecule has 2 rings (SSSR count). The smallest absolute Gasteiger partial charge is 0.255 e. The molecule has 0 radical (unpaired) electrons. The number of carbonyl (C=O) groups excluding carboxylic acids is 2. The van der Waals surface area contributed by atoms with E-state index in [0.29, 0.717) is 32.5 Å². The third-order valence-electron chi connectivity index (χ3n) is 2.55. The van der Waals surface area contributed by atoms with Crippen molar-refractivity contribution in [2.24, 2.45) is 15.9 Å². The Labute approximate surface area is 144 Å². The Bertz CT molecular complexity index is 693. The minimum absolute atomic E-state index is 0.0932. The lowest BCUT2D eigenvalue weighted by Crippen LogP contribution is -2.20. The topological polar surface area (TPSA) is 115 Å². The number of hydrogen-bond donors (Lipinski definition) is 2. The molecule has 0 aliphatic carbocycles. The number of primary amides is 1. The first kappa shape index (κ1) is 17.3. The lowest BCUT2D eigenvalue weighted by Gasteiger charge is -2.12. The van der Waals surface area contributed by atoms with Crippen LogP contribution in [0, 0.1) is 0 Å². The second-order valence-corrected chi connectivity index (χ2v) is 6.09. The summed E-state index contributed by atoms with van der Waals surface area (Å²) in [5, 5.41) is 10.8. The van der Waals surface area contributed by atoms with Crippen LogP contribution in [0.4, 0.5) is 0 Å². The number of amidine groups is 1. The van der Waals surface area contributed by atoms with E-state index in [1.165, 1.54) is 25.1 Å². The molecule has 1 aliphatic rings. The minimum atomic E-state index is -0.587. The van der Waals surface area contributed by atoms with Gasteiger partial charge >= 0.3 is 0 Å². The van der Waals surface area contributed by atoms with Crippen molar-refractivity contribution in [1.82, 2.24) is 5.32 Å². The predicted octanol–water partition coefficient (Wildman–Crippen LogP) is 0.875. The van der Waals surface area contributed by atoms with Crippen molar-refractivity contribution in [3.8, 4) is 11.5 Å². The van der Waals surface area contributed by atoms with E-state index in [0.717, 1.165) is 0 Å². The van der Waals surface area contributed by atoms with Gasteiger partial charge in [0.1, 0.15) is 0 Å². The van der Waals surface area contributed by atoms with Crippen LogP contribution < -0.4 is 20.5 Å². The lowest BCUT2D eigenvalue weighted by atomic mass is 10.2. The summed E-state index contributed by atoms with van der Waals surface area (Å²) >= 11 is 4.63. The number of amides is 2. The molecule has 2 amide bonds. The van der Waals surface area contributed by atoms with Gasteiger partial charge in [0.25, 0.3) is 5.91 Å². The zero-order chi connectivity index (χ0) is 16.8. The van der Waals surface area contributed by atoms with Crippen LogP contribution in [0.2, 0.25) is 0 Å². The molecule has 0 unspecified atom stereocenters. The quantitative estimate of drug-likeness (QED) is 0.542. The summed E-state index contributed by atoms with van der Waals surface area (Å²) in [6.07, 6.45) is 1.50. The average Bonchev–Trinajstić information content (AvgIpc) is 2.91. The zero-order valence-electron chi connectivity index (χ0n) is 12.0. The number of methoxy groups -OCH3 is 1. The van der Waals surface area contributed by atoms with Crippen LogP contribution in [0.25, 0.3) is 0 Å². The molecule has 3 N–H and O–H groups in total. The monoisotopic (exact) mass is 400 g/mol. The minimum Gasteiger partial charge on any atom is -0.493 e. The van der Waals surface area contributed by atoms with Gasteiger partial charge in [-0.15, -0.1) is 5.10 Å². The number of nitrogens with one attached hydrogen (secondary N) is 1. The maximum Gasteiger partial charge on any atom is 0.255 e. The fourth-order valence-electron chi connectivity index (χ4n) is 1.62. The number of thioether (sulfide) groups is 1. The van der Waals surface area contributed by atoms with Crippen LogP contribution in [-0.4, -0.2) is 42.7 Å². The van der Waals surface area contributed by atoms with Gasteiger partial charge in [0.15, 0.2) is 23.3 Å². The molecule has 10 heteroatoms. The summed E-state index contributed by atoms with van der Waals surface area (Å²) in [4.78, 5) is 21.8. The number of hydrogen-bond acceptors (Lipinski definition) is 7. The molecule has 122 valence electrons. The van der Waals surface area contributed by atoms with Gasteiger partial charge in [-0.2, -0.15) is 5.10 Å². The van der Waals surface area contributed by atoms with Gasteiger partial charge in [0.05, 0.1) is 23.5 Å². The van der Waals surface area contributed by atoms with E-state index in [2.05, 4.69) is 31.4 Å². The molecular weight excluding hydrogens is 388 g/mol. The van der Waals surface area contributed by atoms with Gasteiger partial charge in [-0.25, -0.2) is 0 Å². The number of nitrogens with two attached hydrogens (primary N) is 1. The molecule has 0 aromatic heterocycles. The molecule has 1 fully saturated rings. The summed E-state index contributed by atoms with van der Waals surface area (Å²) in [5.74, 6) is 0.451. The molecule has 1 saturated heterocycles. The summed E-state index contributed by atoms with van der Waals surface area (Å²) in [5.41, 5.74) is 5.75. The summed E-state index contributed by atoms with van der Waals surface area (Å²) < 4.78 is 11.1. The summed E-state index contributed by atoms with van der Waals surface area (Å²) in [6.45, 7) is -0.257. The highest BCUT2D eigenvalue weighted by atomic mass is 79.9. The van der Waals surface area contributed by atoms with Gasteiger partial charge in [0, 0.05) is 0 Å². The number of nitrogens with zero attached hydrogens (tertiary/aromatic N) is 2. The van der Waals surface area contributed by atoms with Gasteiger partial charge < -0.3 is 20.5 Å². The Morgan fingerprint density at radius 3 is 2.96 bits per heavy atom. The van der Waals surface area contributed by atoms with Crippen LogP contribution in [0.5, 0.6) is 11.5 Å². The first-order valence-electron chi connectivity index (χ1n) is 6.32. The van der Waals surface area contributed by atoms with Gasteiger partial charge in [-0.1, -0.05) is 11.8 Å². The molecule has 0 atom stereocenters. The Kier molecular flexibility index (Phi) is 5.99. The van der Waals surface area contributed by atoms with Crippen molar-refractivity contribution in [2.75, 3.05) is 19.5 Å². The van der Waals surface area contributed by atoms with Crippen LogP contribution in [0.3, 0.4) is 0 Å². The van der Waals surface area contributed by atoms with Gasteiger partial charge in [0.2, 0.25) is 5.91 Å². The molecule has 1 aromatic carbocycles. The van der Waals surface area contributed by atoms with E-state index in [1.54, 1.807) is 12.1 Å². The van der Waals surface area contributed by atoms with Gasteiger partial charge in [-0.05, 0) is 33.6 Å². The lowest BCUT2D eigenvalue weighted by molar-refractivity contribution is -0.120. The highest BCUT2D eigenvalue weighted by Gasteiger charge is 2.16. The van der Waals surface area contributed by atoms with E-state index in [4.69, 9.17) is 15.2 Å². The van der Waals surface area contributed by atoms with Crippen LogP contribution in [0.15, 0.2) is 26.8 Å². The van der Waals surface area contributed by atoms with Crippen LogP contribution in [0.1, 0.15) is 5.56 Å². The zero-order valence-corrected chi connectivity index (χ0v) is 14.4. The normalized spacial score (nSPS) is 15.9. The van der Waals surface area contributed by atoms with Crippen molar-refractivity contribution >= 4 is 50.9 Å². The van der Waals surface area contributed by atoms with Gasteiger partial charge in [-0.3, -0.25) is 9.59 Å². The van der Waals surface area contributed by atoms with Crippen molar-refractivity contribution in [1.29, 1.82) is 0 Å². The summed E-state index contributed by atoms with van der Waals surface area (Å²) in [7, 11) is 1.48. The third kappa shape index (κ3) is 4.96. The van der Waals surface area contributed by atoms with Crippen LogP contribution in [-0.2, 0) is 9.59 Å². The van der Waals surface area contributed by atoms with E-state index in [-0.39, 0.29) is 12.5 Å². The Morgan fingerprint density at radius 1 is 1.57 bits per heavy atom. The first-order valence-corrected chi connectivity index (χ1v) is 8.09. The molecule has 23 heavy (non-hydrogen) atoms. The number of rotatable bonds is 6. The van der Waals surface area contributed by atoms with E-state index in [9.17, 15) is 9.59 Å². The number of halogens is 1. The standard InChI is InChI=1S/C13H13BrN4O4S/c1-21-9-3-7(2-8(14)12(9)22-5-10(15)19)4-16-18-13-17-11(20)6-23-13/h2-4H,5-6H2,1H3,(H2,15,19)(H,17,18,20). The Hall–Kier alpha value is -2.07. The molecule has 1 aromatic rings. The third-order valence-corrected chi connectivity index (χ3v) is 4.00. The SMILES string of the molecule is COc1cc(C=NN=C2NC(=O)CS2)cc(Br)c1OCC(N)=O.